The molecule has 0 aliphatic carbocycles. The minimum Gasteiger partial charge on any atom is -0.462 e. The van der Waals surface area contributed by atoms with E-state index in [0.717, 1.165) is 131 Å². The predicted molar refractivity (Wildman–Crippen MR) is 457 cm³/mol. The van der Waals surface area contributed by atoms with E-state index in [0.29, 0.717) is 139 Å². The fraction of sp³-hybridized carbons (Fsp3) is 0.545. The van der Waals surface area contributed by atoms with Gasteiger partial charge in [-0.3, -0.25) is 29.4 Å². The van der Waals surface area contributed by atoms with Crippen molar-refractivity contribution in [3.63, 3.8) is 0 Å². The van der Waals surface area contributed by atoms with E-state index in [9.17, 15) is 49.1 Å². The number of nitrogens with zero attached hydrogens (tertiary/aromatic N) is 23. The lowest BCUT2D eigenvalue weighted by Crippen LogP contribution is -2.57. The van der Waals surface area contributed by atoms with Crippen molar-refractivity contribution in [3.8, 4) is 18.0 Å². The summed E-state index contributed by atoms with van der Waals surface area (Å²) in [7, 11) is 6.18. The summed E-state index contributed by atoms with van der Waals surface area (Å²) in [6.45, 7) is 36.4. The molecule has 0 bridgehead atoms. The monoisotopic (exact) mass is 1770 g/mol. The molecule has 680 valence electrons. The summed E-state index contributed by atoms with van der Waals surface area (Å²) in [5, 5.41) is 0. The third kappa shape index (κ3) is 22.8. The first-order valence-corrected chi connectivity index (χ1v) is 42.4. The highest BCUT2D eigenvalue weighted by Crippen LogP contribution is 2.44. The number of halogens is 10. The number of pyridine rings is 3. The Bertz CT molecular complexity index is 5060. The number of hydrogen-bond acceptors (Lipinski definition) is 24. The minimum absolute atomic E-state index is 0. The Morgan fingerprint density at radius 3 is 1.19 bits per heavy atom. The zero-order valence-electron chi connectivity index (χ0n) is 70.6. The average Bonchev–Trinajstić information content (AvgIpc) is 0.823. The van der Waals surface area contributed by atoms with Crippen molar-refractivity contribution in [2.75, 3.05) is 182 Å². The number of amides is 2. The molecule has 39 heteroatoms. The summed E-state index contributed by atoms with van der Waals surface area (Å²) in [5.74, 6) is 2.14. The zero-order valence-corrected chi connectivity index (χ0v) is 70.6. The van der Waals surface area contributed by atoms with Crippen LogP contribution in [0, 0.1) is 25.6 Å². The maximum absolute atomic E-state index is 13.9. The largest absolute Gasteiger partial charge is 0.462 e. The summed E-state index contributed by atoms with van der Waals surface area (Å²) >= 11 is 0. The maximum Gasteiger partial charge on any atom is 0.419 e. The van der Waals surface area contributed by atoms with Gasteiger partial charge in [-0.2, -0.15) is 69.4 Å². The van der Waals surface area contributed by atoms with E-state index in [1.165, 1.54) is 42.9 Å². The number of likely N-dealkylation sites (N-methyl/N-ethyl adjacent to an activating group) is 3. The van der Waals surface area contributed by atoms with Crippen LogP contribution in [0.4, 0.5) is 83.5 Å². The molecule has 3 unspecified atom stereocenters. The van der Waals surface area contributed by atoms with Gasteiger partial charge in [0.25, 0.3) is 0 Å². The Labute approximate surface area is 732 Å². The van der Waals surface area contributed by atoms with E-state index in [1.54, 1.807) is 24.5 Å². The van der Waals surface area contributed by atoms with Crippen molar-refractivity contribution in [1.29, 1.82) is 0 Å². The summed E-state index contributed by atoms with van der Waals surface area (Å²) in [6, 6.07) is 14.2. The van der Waals surface area contributed by atoms with Gasteiger partial charge in [-0.05, 0) is 141 Å². The Hall–Kier alpha value is -11.8. The number of benzene rings is 1. The van der Waals surface area contributed by atoms with Crippen molar-refractivity contribution >= 4 is 46.5 Å². The second kappa shape index (κ2) is 42.2. The van der Waals surface area contributed by atoms with Crippen LogP contribution >= 0.6 is 0 Å². The lowest BCUT2D eigenvalue weighted by Gasteiger charge is -2.41. The number of rotatable bonds is 21. The Balaban J connectivity index is 0.000000173. The Kier molecular flexibility index (Phi) is 31.4. The molecular formula is C88H107F10N23O6. The van der Waals surface area contributed by atoms with Crippen LogP contribution in [0.3, 0.4) is 0 Å². The maximum atomic E-state index is 13.9. The number of hydrogen-bond donors (Lipinski definition) is 0. The van der Waals surface area contributed by atoms with Crippen molar-refractivity contribution in [2.24, 2.45) is 5.92 Å². The summed E-state index contributed by atoms with van der Waals surface area (Å²) in [4.78, 5) is 97.4. The van der Waals surface area contributed by atoms with Crippen LogP contribution in [0.25, 0.3) is 14.5 Å². The van der Waals surface area contributed by atoms with Gasteiger partial charge >= 0.3 is 42.7 Å². The number of likely N-dealkylation sites (tertiary alicyclic amines) is 3. The molecule has 6 saturated heterocycles. The summed E-state index contributed by atoms with van der Waals surface area (Å²) in [6.07, 6.45) is 3.56. The van der Waals surface area contributed by atoms with Gasteiger partial charge < -0.3 is 82.5 Å². The molecule has 7 aromatic rings. The molecule has 15 heterocycles. The number of piperidine rings is 1. The molecule has 2 amide bonds. The van der Waals surface area contributed by atoms with E-state index in [2.05, 4.69) is 62.7 Å². The third-order valence-corrected chi connectivity index (χ3v) is 24.9. The van der Waals surface area contributed by atoms with Gasteiger partial charge in [0.1, 0.15) is 56.0 Å². The van der Waals surface area contributed by atoms with Gasteiger partial charge in [0, 0.05) is 150 Å². The number of aromatic nitrogens is 9. The van der Waals surface area contributed by atoms with E-state index < -0.39 is 47.4 Å². The summed E-state index contributed by atoms with van der Waals surface area (Å²) in [5.41, 5.74) is 3.29. The quantitative estimate of drug-likeness (QED) is 0.0369. The van der Waals surface area contributed by atoms with Crippen LogP contribution in [0.5, 0.6) is 18.0 Å². The number of alkyl halides is 9. The molecule has 127 heavy (non-hydrogen) atoms. The van der Waals surface area contributed by atoms with Crippen LogP contribution in [0.15, 0.2) is 98.4 Å². The number of fused-ring (bicyclic) bond motifs is 3. The Morgan fingerprint density at radius 2 is 0.827 bits per heavy atom. The Morgan fingerprint density at radius 1 is 0.457 bits per heavy atom. The highest BCUT2D eigenvalue weighted by Gasteiger charge is 2.44. The van der Waals surface area contributed by atoms with Gasteiger partial charge in [0.2, 0.25) is 25.5 Å². The molecule has 0 spiro atoms. The molecule has 16 rings (SSSR count). The van der Waals surface area contributed by atoms with E-state index in [-0.39, 0.29) is 117 Å². The molecule has 9 aliphatic rings. The van der Waals surface area contributed by atoms with E-state index in [1.807, 2.05) is 54.2 Å². The van der Waals surface area contributed by atoms with Crippen molar-refractivity contribution < 1.29 is 72.8 Å². The van der Waals surface area contributed by atoms with Gasteiger partial charge in [0.15, 0.2) is 0 Å². The third-order valence-electron chi connectivity index (χ3n) is 24.9. The predicted octanol–water partition coefficient (Wildman–Crippen LogP) is 12.6. The van der Waals surface area contributed by atoms with E-state index in [4.69, 9.17) is 68.6 Å². The number of piperazine rings is 2. The fourth-order valence-corrected chi connectivity index (χ4v) is 18.1. The van der Waals surface area contributed by atoms with Crippen molar-refractivity contribution in [2.45, 2.75) is 153 Å². The topological polar surface area (TPSA) is 236 Å². The number of ether oxygens (including phenoxy) is 4. The molecule has 1 aromatic carbocycles. The normalized spacial score (nSPS) is 20.9. The first kappa shape index (κ1) is 94.4. The smallest absolute Gasteiger partial charge is 0.419 e. The van der Waals surface area contributed by atoms with E-state index >= 15 is 0 Å². The fourth-order valence-electron chi connectivity index (χ4n) is 18.1. The minimum atomic E-state index is -4.55. The number of anilines is 6. The molecule has 9 aliphatic heterocycles. The summed E-state index contributed by atoms with van der Waals surface area (Å²) < 4.78 is 148. The highest BCUT2D eigenvalue weighted by atomic mass is 19.4. The standard InChI is InChI=1S/C33H37F3N8O3.C28H33F3N8O2.C26H32F3N7O.CH4.FH/c1-37-17-25-19-43(15-16-44(25)32(45)47-21-23-7-4-3-5-8-23)30-26-11-14-42(29-10-12-38-18-27(29)33(34,35)36)20-28(26)39-31(40-30)46-22-24-9-6-13-41(24)2;1-4-25(40)39-13-12-38(16-20(39)14-32-2)26-21-8-11-37(24-7-9-33-15-22(24)28(29,30)31)17-23(21)34-27(35-26)41-18-19-6-5-10-36(19)3;1-30-13-18-5-3-11-36(15-18)24-20-8-12-35(23-7-9-31-14-21(23)26(27,28)29)16-22(20)32-25(33-24)37-17-19-6-4-10-34(19)2;;/h3-5,7-8,10,12,18,24-25H,6,9,11,13-17,19-22H2,2H3;4,7,9,15,19-20H,1,5-6,8,10-14,16-18H2,3H3;7,9,14,18-19H,3-6,8,10-13,15-17H2,2H3;1H4;1H/t24-,25?;19-,20?;18?,19-;;/m000../s1. The van der Waals surface area contributed by atoms with Gasteiger partial charge in [-0.15, -0.1) is 0 Å². The zero-order chi connectivity index (χ0) is 88.1. The number of carbonyl (C=O) groups is 2. The SMILES string of the molecule is C.F.[C-]#[N+]CC1CCCN(c2nc(OC[C@@H]3CCCN3C)nc3c2CCN(c2ccncc2C(F)(F)F)C3)C1.[C-]#[N+]CC1CN(c2nc(OC[C@@H]3CCCN3C)nc3c2CCN(c2ccncc2C(F)(F)F)C3)CCN1C(=O)C=C.[C-]#[N+]CC1CN(c2nc(OC[C@@H]3CCCN3C)nc3c2CCN(c2ccncc2C(F)(F)F)C3)CCN1C(=O)OCc1ccccc1. The number of carbonyl (C=O) groups excluding carboxylic acids is 2. The first-order chi connectivity index (χ1) is 60.2. The average molecular weight is 1770 g/mol. The van der Waals surface area contributed by atoms with Crippen molar-refractivity contribution in [1.82, 2.24) is 69.4 Å². The molecule has 6 aromatic heterocycles. The molecule has 6 atom stereocenters. The second-order valence-corrected chi connectivity index (χ2v) is 32.9. The van der Waals surface area contributed by atoms with Gasteiger partial charge in [-0.25, -0.2) is 24.5 Å². The highest BCUT2D eigenvalue weighted by molar-refractivity contribution is 5.87. The molecule has 0 N–H and O–H groups in total. The lowest BCUT2D eigenvalue weighted by atomic mass is 9.96. The molecule has 29 nitrogen and oxygen atoms in total. The molecule has 0 radical (unpaired) electrons. The molecule has 6 fully saturated rings. The van der Waals surface area contributed by atoms with Crippen molar-refractivity contribution in [3.05, 3.63) is 189 Å². The molecule has 0 saturated carbocycles. The van der Waals surface area contributed by atoms with Crippen LogP contribution < -0.4 is 43.6 Å². The van der Waals surface area contributed by atoms with Crippen LogP contribution in [0.2, 0.25) is 0 Å². The van der Waals surface area contributed by atoms with Crippen LogP contribution in [0.1, 0.15) is 115 Å². The lowest BCUT2D eigenvalue weighted by molar-refractivity contribution is -0.138. The molecular weight excluding hydrogens is 1670 g/mol. The van der Waals surface area contributed by atoms with Crippen LogP contribution in [-0.2, 0) is 73.6 Å². The second-order valence-electron chi connectivity index (χ2n) is 32.9. The van der Waals surface area contributed by atoms with Crippen LogP contribution in [-0.4, -0.2) is 264 Å². The van der Waals surface area contributed by atoms with Gasteiger partial charge in [-0.1, -0.05) is 44.3 Å². The van der Waals surface area contributed by atoms with Gasteiger partial charge in [0.05, 0.1) is 70.5 Å². The first-order valence-electron chi connectivity index (χ1n) is 42.4.